The van der Waals surface area contributed by atoms with Gasteiger partial charge in [0.05, 0.1) is 29.8 Å². The molecule has 3 heteroatoms. The maximum Gasteiger partial charge on any atom is 0.120 e. The van der Waals surface area contributed by atoms with E-state index < -0.39 is 0 Å². The predicted molar refractivity (Wildman–Crippen MR) is 71.6 cm³/mol. The van der Waals surface area contributed by atoms with E-state index in [2.05, 4.69) is 17.1 Å². The van der Waals surface area contributed by atoms with Crippen LogP contribution in [0, 0.1) is 18.3 Å². The van der Waals surface area contributed by atoms with Gasteiger partial charge in [0.2, 0.25) is 0 Å². The maximum atomic E-state index is 8.75. The molecule has 1 aromatic carbocycles. The van der Waals surface area contributed by atoms with Gasteiger partial charge in [-0.15, -0.1) is 0 Å². The molecule has 0 radical (unpaired) electrons. The van der Waals surface area contributed by atoms with E-state index in [9.17, 15) is 0 Å². The van der Waals surface area contributed by atoms with E-state index in [1.807, 2.05) is 39.0 Å². The molecule has 1 aromatic heterocycles. The molecule has 2 rings (SSSR count). The lowest BCUT2D eigenvalue weighted by molar-refractivity contribution is 0.243. The van der Waals surface area contributed by atoms with Gasteiger partial charge in [0, 0.05) is 5.39 Å². The van der Waals surface area contributed by atoms with Crippen LogP contribution in [0.1, 0.15) is 25.1 Å². The van der Waals surface area contributed by atoms with Crippen molar-refractivity contribution in [2.24, 2.45) is 0 Å². The fourth-order valence-electron chi connectivity index (χ4n) is 1.90. The summed E-state index contributed by atoms with van der Waals surface area (Å²) in [5, 5.41) is 9.80. The molecule has 3 nitrogen and oxygen atoms in total. The van der Waals surface area contributed by atoms with Crippen LogP contribution in [0.5, 0.6) is 5.75 Å². The highest BCUT2D eigenvalue weighted by Crippen LogP contribution is 2.22. The molecule has 0 bridgehead atoms. The molecule has 0 spiro atoms. The molecule has 92 valence electrons. The number of nitriles is 1. The van der Waals surface area contributed by atoms with Crippen molar-refractivity contribution in [2.75, 3.05) is 0 Å². The Bertz CT molecular complexity index is 612. The number of benzene rings is 1. The van der Waals surface area contributed by atoms with Gasteiger partial charge in [0.1, 0.15) is 5.75 Å². The fourth-order valence-corrected chi connectivity index (χ4v) is 1.90. The van der Waals surface area contributed by atoms with E-state index >= 15 is 0 Å². The van der Waals surface area contributed by atoms with E-state index in [0.717, 1.165) is 27.9 Å². The van der Waals surface area contributed by atoms with Crippen LogP contribution in [0.15, 0.2) is 24.3 Å². The average molecular weight is 240 g/mol. The minimum atomic E-state index is 0.161. The molecular formula is C15H16N2O. The first-order chi connectivity index (χ1) is 8.60. The highest BCUT2D eigenvalue weighted by atomic mass is 16.5. The third-order valence-corrected chi connectivity index (χ3v) is 2.70. The molecule has 0 amide bonds. The summed E-state index contributed by atoms with van der Waals surface area (Å²) >= 11 is 0. The van der Waals surface area contributed by atoms with Crippen LogP contribution in [0.3, 0.4) is 0 Å². The van der Waals surface area contributed by atoms with Gasteiger partial charge in [-0.3, -0.25) is 4.98 Å². The van der Waals surface area contributed by atoms with Crippen molar-refractivity contribution in [3.05, 3.63) is 35.5 Å². The SMILES string of the molecule is Cc1cc2cc(OC(C)C)ccc2nc1CC#N. The average Bonchev–Trinajstić information content (AvgIpc) is 2.30. The lowest BCUT2D eigenvalue weighted by Crippen LogP contribution is -2.05. The summed E-state index contributed by atoms with van der Waals surface area (Å²) in [4.78, 5) is 4.51. The molecule has 2 aromatic rings. The van der Waals surface area contributed by atoms with Crippen LogP contribution in [0.25, 0.3) is 10.9 Å². The van der Waals surface area contributed by atoms with Crippen LogP contribution in [0.2, 0.25) is 0 Å². The van der Waals surface area contributed by atoms with Crippen LogP contribution >= 0.6 is 0 Å². The molecule has 0 unspecified atom stereocenters. The van der Waals surface area contributed by atoms with Crippen molar-refractivity contribution >= 4 is 10.9 Å². The number of rotatable bonds is 3. The van der Waals surface area contributed by atoms with E-state index in [1.54, 1.807) is 0 Å². The minimum Gasteiger partial charge on any atom is -0.491 e. The van der Waals surface area contributed by atoms with Gasteiger partial charge in [0.15, 0.2) is 0 Å². The lowest BCUT2D eigenvalue weighted by Gasteiger charge is -2.11. The molecule has 1 heterocycles. The molecule has 0 atom stereocenters. The third-order valence-electron chi connectivity index (χ3n) is 2.70. The smallest absolute Gasteiger partial charge is 0.120 e. The molecule has 0 N–H and O–H groups in total. The second-order valence-electron chi connectivity index (χ2n) is 4.61. The highest BCUT2D eigenvalue weighted by Gasteiger charge is 2.05. The number of ether oxygens (including phenoxy) is 1. The van der Waals surface area contributed by atoms with Gasteiger partial charge in [-0.25, -0.2) is 0 Å². The maximum absolute atomic E-state index is 8.75. The Morgan fingerprint density at radius 2 is 2.11 bits per heavy atom. The van der Waals surface area contributed by atoms with Gasteiger partial charge in [-0.1, -0.05) is 0 Å². The number of nitrogens with zero attached hydrogens (tertiary/aromatic N) is 2. The summed E-state index contributed by atoms with van der Waals surface area (Å²) < 4.78 is 5.66. The molecule has 0 aliphatic heterocycles. The van der Waals surface area contributed by atoms with Crippen LogP contribution < -0.4 is 4.74 Å². The van der Waals surface area contributed by atoms with Crippen molar-refractivity contribution in [1.29, 1.82) is 5.26 Å². The highest BCUT2D eigenvalue weighted by molar-refractivity contribution is 5.81. The first kappa shape index (κ1) is 12.4. The van der Waals surface area contributed by atoms with E-state index in [1.165, 1.54) is 0 Å². The molecule has 0 saturated heterocycles. The molecule has 0 saturated carbocycles. The van der Waals surface area contributed by atoms with E-state index in [0.29, 0.717) is 6.42 Å². The summed E-state index contributed by atoms with van der Waals surface area (Å²) in [5.74, 6) is 0.853. The molecule has 0 aliphatic carbocycles. The summed E-state index contributed by atoms with van der Waals surface area (Å²) in [5.41, 5.74) is 2.80. The zero-order chi connectivity index (χ0) is 13.1. The molecule has 0 aliphatic rings. The Kier molecular flexibility index (Phi) is 3.47. The zero-order valence-corrected chi connectivity index (χ0v) is 10.9. The van der Waals surface area contributed by atoms with Crippen molar-refractivity contribution in [2.45, 2.75) is 33.3 Å². The van der Waals surface area contributed by atoms with Gasteiger partial charge in [-0.05, 0) is 50.6 Å². The largest absolute Gasteiger partial charge is 0.491 e. The van der Waals surface area contributed by atoms with Crippen molar-refractivity contribution < 1.29 is 4.74 Å². The Hall–Kier alpha value is -2.08. The van der Waals surface area contributed by atoms with Gasteiger partial charge in [-0.2, -0.15) is 5.26 Å². The topological polar surface area (TPSA) is 45.9 Å². The van der Waals surface area contributed by atoms with E-state index in [4.69, 9.17) is 10.00 Å². The number of aryl methyl sites for hydroxylation is 1. The van der Waals surface area contributed by atoms with E-state index in [-0.39, 0.29) is 6.10 Å². The molecule has 0 fully saturated rings. The number of hydrogen-bond acceptors (Lipinski definition) is 3. The van der Waals surface area contributed by atoms with Gasteiger partial charge in [0.25, 0.3) is 0 Å². The number of aromatic nitrogens is 1. The van der Waals surface area contributed by atoms with Crippen LogP contribution in [0.4, 0.5) is 0 Å². The van der Waals surface area contributed by atoms with Crippen LogP contribution in [-0.4, -0.2) is 11.1 Å². The summed E-state index contributed by atoms with van der Waals surface area (Å²) in [7, 11) is 0. The molecule has 18 heavy (non-hydrogen) atoms. The van der Waals surface area contributed by atoms with Crippen molar-refractivity contribution in [1.82, 2.24) is 4.98 Å². The Morgan fingerprint density at radius 1 is 1.33 bits per heavy atom. The number of pyridine rings is 1. The monoisotopic (exact) mass is 240 g/mol. The second-order valence-corrected chi connectivity index (χ2v) is 4.61. The normalized spacial score (nSPS) is 10.6. The minimum absolute atomic E-state index is 0.161. The van der Waals surface area contributed by atoms with Gasteiger partial charge < -0.3 is 4.74 Å². The first-order valence-electron chi connectivity index (χ1n) is 6.04. The number of hydrogen-bond donors (Lipinski definition) is 0. The van der Waals surface area contributed by atoms with Crippen molar-refractivity contribution in [3.63, 3.8) is 0 Å². The standard InChI is InChI=1S/C15H16N2O/c1-10(2)18-13-4-5-15-12(9-13)8-11(3)14(17-15)6-7-16/h4-5,8-10H,6H2,1-3H3. The summed E-state index contributed by atoms with van der Waals surface area (Å²) in [6.45, 7) is 5.99. The lowest BCUT2D eigenvalue weighted by atomic mass is 10.1. The second kappa shape index (κ2) is 5.05. The number of fused-ring (bicyclic) bond motifs is 1. The first-order valence-corrected chi connectivity index (χ1v) is 6.04. The predicted octanol–water partition coefficient (Wildman–Crippen LogP) is 3.40. The van der Waals surface area contributed by atoms with Gasteiger partial charge >= 0.3 is 0 Å². The third kappa shape index (κ3) is 2.60. The summed E-state index contributed by atoms with van der Waals surface area (Å²) in [6.07, 6.45) is 0.515. The van der Waals surface area contributed by atoms with Crippen LogP contribution in [-0.2, 0) is 6.42 Å². The molecular weight excluding hydrogens is 224 g/mol. The van der Waals surface area contributed by atoms with Crippen molar-refractivity contribution in [3.8, 4) is 11.8 Å². The quantitative estimate of drug-likeness (QED) is 0.826. The summed E-state index contributed by atoms with van der Waals surface area (Å²) in [6, 6.07) is 10.0. The Morgan fingerprint density at radius 3 is 2.78 bits per heavy atom. The Labute approximate surface area is 107 Å². The zero-order valence-electron chi connectivity index (χ0n) is 10.9. The Balaban J connectivity index is 2.46. The fraction of sp³-hybridized carbons (Fsp3) is 0.333.